The second kappa shape index (κ2) is 5.80. The van der Waals surface area contributed by atoms with E-state index in [9.17, 15) is 0 Å². The first kappa shape index (κ1) is 12.1. The Morgan fingerprint density at radius 1 is 1.40 bits per heavy atom. The molecule has 15 heavy (non-hydrogen) atoms. The third-order valence-electron chi connectivity index (χ3n) is 2.58. The quantitative estimate of drug-likeness (QED) is 0.558. The van der Waals surface area contributed by atoms with Crippen LogP contribution in [-0.2, 0) is 0 Å². The minimum Gasteiger partial charge on any atom is -0.291 e. The lowest BCUT2D eigenvalue weighted by atomic mass is 10.1. The number of rotatable bonds is 4. The van der Waals surface area contributed by atoms with Crippen molar-refractivity contribution in [3.8, 4) is 12.3 Å². The average Bonchev–Trinajstić information content (AvgIpc) is 2.28. The van der Waals surface area contributed by atoms with Gasteiger partial charge in [0.1, 0.15) is 0 Å². The van der Waals surface area contributed by atoms with Crippen molar-refractivity contribution in [2.45, 2.75) is 18.3 Å². The Morgan fingerprint density at radius 3 is 2.53 bits per heavy atom. The number of likely N-dealkylation sites (N-methyl/N-ethyl adjacent to an activating group) is 1. The summed E-state index contributed by atoms with van der Waals surface area (Å²) in [4.78, 5) is 2.07. The number of benzene rings is 1. The van der Waals surface area contributed by atoms with Gasteiger partial charge < -0.3 is 0 Å². The molecule has 0 saturated carbocycles. The first-order valence-corrected chi connectivity index (χ1v) is 5.43. The van der Waals surface area contributed by atoms with Crippen LogP contribution in [0.25, 0.3) is 0 Å². The van der Waals surface area contributed by atoms with Gasteiger partial charge in [0.15, 0.2) is 0 Å². The van der Waals surface area contributed by atoms with Crippen molar-refractivity contribution in [2.75, 3.05) is 13.6 Å². The van der Waals surface area contributed by atoms with Gasteiger partial charge in [0.05, 0.1) is 11.9 Å². The Hall–Kier alpha value is -0.970. The highest BCUT2D eigenvalue weighted by molar-refractivity contribution is 6.21. The Bertz CT molecular complexity index is 328. The van der Waals surface area contributed by atoms with Gasteiger partial charge in [-0.2, -0.15) is 0 Å². The van der Waals surface area contributed by atoms with Crippen LogP contribution in [0.1, 0.15) is 17.9 Å². The second-order valence-corrected chi connectivity index (χ2v) is 4.14. The molecule has 0 aliphatic heterocycles. The second-order valence-electron chi connectivity index (χ2n) is 3.67. The summed E-state index contributed by atoms with van der Waals surface area (Å²) in [6.45, 7) is 2.71. The molecule has 0 unspecified atom stereocenters. The maximum atomic E-state index is 6.38. The first-order valence-electron chi connectivity index (χ1n) is 4.99. The monoisotopic (exact) mass is 221 g/mol. The summed E-state index contributed by atoms with van der Waals surface area (Å²) in [6, 6.07) is 10.3. The van der Waals surface area contributed by atoms with E-state index in [2.05, 4.69) is 17.7 Å². The van der Waals surface area contributed by atoms with Crippen LogP contribution < -0.4 is 0 Å². The number of hydrogen-bond donors (Lipinski definition) is 0. The van der Waals surface area contributed by atoms with Crippen molar-refractivity contribution in [1.82, 2.24) is 4.90 Å². The number of alkyl halides is 1. The van der Waals surface area contributed by atoms with E-state index in [0.29, 0.717) is 6.54 Å². The zero-order valence-electron chi connectivity index (χ0n) is 9.15. The van der Waals surface area contributed by atoms with Gasteiger partial charge in [0, 0.05) is 6.04 Å². The van der Waals surface area contributed by atoms with Crippen LogP contribution in [0.5, 0.6) is 0 Å². The standard InChI is InChI=1S/C13H16ClN/c1-4-10-15(3)11(2)13(14)12-8-6-5-7-9-12/h1,5-9,11,13H,10H2,2-3H3/t11-,13-/m1/s1. The number of terminal acetylenes is 1. The van der Waals surface area contributed by atoms with Gasteiger partial charge in [-0.25, -0.2) is 0 Å². The fraction of sp³-hybridized carbons (Fsp3) is 0.385. The molecule has 0 fully saturated rings. The summed E-state index contributed by atoms with van der Waals surface area (Å²) in [5.41, 5.74) is 1.13. The average molecular weight is 222 g/mol. The molecule has 0 spiro atoms. The van der Waals surface area contributed by atoms with Crippen LogP contribution in [-0.4, -0.2) is 24.5 Å². The molecule has 0 bridgehead atoms. The molecule has 1 aromatic rings. The molecule has 1 nitrogen and oxygen atoms in total. The van der Waals surface area contributed by atoms with Crippen LogP contribution >= 0.6 is 11.6 Å². The van der Waals surface area contributed by atoms with Gasteiger partial charge in [-0.15, -0.1) is 18.0 Å². The van der Waals surface area contributed by atoms with E-state index < -0.39 is 0 Å². The molecule has 0 aliphatic rings. The summed E-state index contributed by atoms with van der Waals surface area (Å²) >= 11 is 6.38. The van der Waals surface area contributed by atoms with E-state index >= 15 is 0 Å². The minimum atomic E-state index is -0.0236. The molecule has 80 valence electrons. The van der Waals surface area contributed by atoms with Crippen molar-refractivity contribution in [1.29, 1.82) is 0 Å². The van der Waals surface area contributed by atoms with Crippen molar-refractivity contribution in [3.05, 3.63) is 35.9 Å². The summed E-state index contributed by atoms with van der Waals surface area (Å²) in [7, 11) is 1.99. The summed E-state index contributed by atoms with van der Waals surface area (Å²) in [5, 5.41) is -0.0236. The highest BCUT2D eigenvalue weighted by Gasteiger charge is 2.19. The lowest BCUT2D eigenvalue weighted by molar-refractivity contribution is 0.281. The Labute approximate surface area is 97.0 Å². The first-order chi connectivity index (χ1) is 7.16. The molecule has 0 saturated heterocycles. The molecule has 2 atom stereocenters. The molecule has 0 radical (unpaired) electrons. The van der Waals surface area contributed by atoms with Crippen molar-refractivity contribution >= 4 is 11.6 Å². The molecule has 0 heterocycles. The van der Waals surface area contributed by atoms with Gasteiger partial charge in [-0.3, -0.25) is 4.90 Å². The van der Waals surface area contributed by atoms with Crippen LogP contribution in [0.15, 0.2) is 30.3 Å². The molecule has 1 aromatic carbocycles. The van der Waals surface area contributed by atoms with Gasteiger partial charge in [0.25, 0.3) is 0 Å². The molecule has 2 heteroatoms. The predicted molar refractivity (Wildman–Crippen MR) is 66.0 cm³/mol. The summed E-state index contributed by atoms with van der Waals surface area (Å²) < 4.78 is 0. The largest absolute Gasteiger partial charge is 0.291 e. The molecule has 1 rings (SSSR count). The number of nitrogens with zero attached hydrogens (tertiary/aromatic N) is 1. The fourth-order valence-corrected chi connectivity index (χ4v) is 1.76. The number of halogens is 1. The van der Waals surface area contributed by atoms with Crippen LogP contribution in [0.2, 0.25) is 0 Å². The topological polar surface area (TPSA) is 3.24 Å². The zero-order valence-corrected chi connectivity index (χ0v) is 9.91. The van der Waals surface area contributed by atoms with E-state index in [0.717, 1.165) is 5.56 Å². The normalized spacial score (nSPS) is 14.6. The van der Waals surface area contributed by atoms with Crippen LogP contribution in [0, 0.1) is 12.3 Å². The third-order valence-corrected chi connectivity index (χ3v) is 3.19. The van der Waals surface area contributed by atoms with E-state index in [1.807, 2.05) is 37.4 Å². The van der Waals surface area contributed by atoms with E-state index in [4.69, 9.17) is 18.0 Å². The van der Waals surface area contributed by atoms with Crippen LogP contribution in [0.4, 0.5) is 0 Å². The highest BCUT2D eigenvalue weighted by atomic mass is 35.5. The third kappa shape index (κ3) is 3.27. The molecular formula is C13H16ClN. The van der Waals surface area contributed by atoms with E-state index in [1.165, 1.54) is 0 Å². The van der Waals surface area contributed by atoms with Crippen molar-refractivity contribution in [2.24, 2.45) is 0 Å². The Balaban J connectivity index is 2.69. The maximum Gasteiger partial charge on any atom is 0.0738 e. The van der Waals surface area contributed by atoms with Gasteiger partial charge in [0.2, 0.25) is 0 Å². The van der Waals surface area contributed by atoms with Crippen molar-refractivity contribution in [3.63, 3.8) is 0 Å². The van der Waals surface area contributed by atoms with Gasteiger partial charge in [-0.1, -0.05) is 36.3 Å². The highest BCUT2D eigenvalue weighted by Crippen LogP contribution is 2.26. The minimum absolute atomic E-state index is 0.0236. The van der Waals surface area contributed by atoms with Crippen molar-refractivity contribution < 1.29 is 0 Å². The maximum absolute atomic E-state index is 6.38. The zero-order chi connectivity index (χ0) is 11.3. The smallest absolute Gasteiger partial charge is 0.0738 e. The van der Waals surface area contributed by atoms with Crippen LogP contribution in [0.3, 0.4) is 0 Å². The SMILES string of the molecule is C#CCN(C)[C@H](C)[C@@H](Cl)c1ccccc1. The lowest BCUT2D eigenvalue weighted by Crippen LogP contribution is -2.32. The molecular weight excluding hydrogens is 206 g/mol. The summed E-state index contributed by atoms with van der Waals surface area (Å²) in [5.74, 6) is 2.62. The summed E-state index contributed by atoms with van der Waals surface area (Å²) in [6.07, 6.45) is 5.27. The molecule has 0 N–H and O–H groups in total. The van der Waals surface area contributed by atoms with Gasteiger partial charge >= 0.3 is 0 Å². The Morgan fingerprint density at radius 2 is 2.00 bits per heavy atom. The predicted octanol–water partition coefficient (Wildman–Crippen LogP) is 2.92. The van der Waals surface area contributed by atoms with Gasteiger partial charge in [-0.05, 0) is 19.5 Å². The van der Waals surface area contributed by atoms with E-state index in [1.54, 1.807) is 0 Å². The molecule has 0 aliphatic carbocycles. The Kier molecular flexibility index (Phi) is 4.68. The molecule has 0 amide bonds. The molecule has 0 aromatic heterocycles. The van der Waals surface area contributed by atoms with E-state index in [-0.39, 0.29) is 11.4 Å². The number of hydrogen-bond acceptors (Lipinski definition) is 1. The lowest BCUT2D eigenvalue weighted by Gasteiger charge is -2.27. The fourth-order valence-electron chi connectivity index (χ4n) is 1.43.